The monoisotopic (exact) mass is 357 g/mol. The van der Waals surface area contributed by atoms with Crippen molar-refractivity contribution in [3.63, 3.8) is 0 Å². The van der Waals surface area contributed by atoms with Crippen LogP contribution in [0.25, 0.3) is 11.1 Å². The smallest absolute Gasteiger partial charge is 0.227 e. The molecule has 0 aliphatic heterocycles. The Balaban J connectivity index is 1.71. The first kappa shape index (κ1) is 18.6. The minimum atomic E-state index is -0.0329. The summed E-state index contributed by atoms with van der Waals surface area (Å²) >= 11 is 0. The van der Waals surface area contributed by atoms with E-state index < -0.39 is 0 Å². The van der Waals surface area contributed by atoms with Gasteiger partial charge < -0.3 is 5.32 Å². The van der Waals surface area contributed by atoms with E-state index in [1.165, 1.54) is 0 Å². The van der Waals surface area contributed by atoms with E-state index in [1.54, 1.807) is 24.3 Å². The maximum atomic E-state index is 12.7. The molecule has 1 amide bonds. The molecule has 0 aliphatic rings. The lowest BCUT2D eigenvalue weighted by Gasteiger charge is -2.10. The Morgan fingerprint density at radius 1 is 0.778 bits per heavy atom. The molecule has 1 unspecified atom stereocenters. The minimum Gasteiger partial charge on any atom is -0.326 e. The predicted molar refractivity (Wildman–Crippen MR) is 110 cm³/mol. The lowest BCUT2D eigenvalue weighted by Crippen LogP contribution is -2.19. The van der Waals surface area contributed by atoms with Gasteiger partial charge in [0.15, 0.2) is 5.78 Å². The van der Waals surface area contributed by atoms with Gasteiger partial charge in [0.1, 0.15) is 0 Å². The van der Waals surface area contributed by atoms with E-state index in [1.807, 2.05) is 68.4 Å². The molecule has 3 heteroatoms. The van der Waals surface area contributed by atoms with Gasteiger partial charge in [0.25, 0.3) is 0 Å². The fourth-order valence-electron chi connectivity index (χ4n) is 2.77. The van der Waals surface area contributed by atoms with E-state index in [0.717, 1.165) is 17.5 Å². The van der Waals surface area contributed by atoms with Gasteiger partial charge in [-0.25, -0.2) is 0 Å². The second-order valence-electron chi connectivity index (χ2n) is 6.65. The van der Waals surface area contributed by atoms with Crippen LogP contribution in [0.3, 0.4) is 0 Å². The van der Waals surface area contributed by atoms with E-state index in [0.29, 0.717) is 16.8 Å². The highest BCUT2D eigenvalue weighted by Gasteiger charge is 2.12. The molecule has 0 saturated carbocycles. The molecule has 1 N–H and O–H groups in total. The lowest BCUT2D eigenvalue weighted by atomic mass is 9.99. The molecule has 0 bridgehead atoms. The molecular formula is C24H23NO2. The van der Waals surface area contributed by atoms with Crippen LogP contribution in [0.4, 0.5) is 5.69 Å². The highest BCUT2D eigenvalue weighted by atomic mass is 16.1. The molecule has 27 heavy (non-hydrogen) atoms. The zero-order valence-corrected chi connectivity index (χ0v) is 15.6. The van der Waals surface area contributed by atoms with Crippen LogP contribution < -0.4 is 5.32 Å². The quantitative estimate of drug-likeness (QED) is 0.586. The Bertz CT molecular complexity index is 913. The zero-order chi connectivity index (χ0) is 19.2. The van der Waals surface area contributed by atoms with Gasteiger partial charge in [0.2, 0.25) is 5.91 Å². The van der Waals surface area contributed by atoms with E-state index in [4.69, 9.17) is 0 Å². The van der Waals surface area contributed by atoms with Crippen LogP contribution in [0.15, 0.2) is 78.9 Å². The van der Waals surface area contributed by atoms with Gasteiger partial charge in [-0.05, 0) is 41.8 Å². The van der Waals surface area contributed by atoms with E-state index >= 15 is 0 Å². The van der Waals surface area contributed by atoms with Crippen LogP contribution >= 0.6 is 0 Å². The predicted octanol–water partition coefficient (Wildman–Crippen LogP) is 5.57. The van der Waals surface area contributed by atoms with Crippen LogP contribution in [0.5, 0.6) is 0 Å². The maximum absolute atomic E-state index is 12.7. The largest absolute Gasteiger partial charge is 0.326 e. The van der Waals surface area contributed by atoms with Crippen molar-refractivity contribution in [3.8, 4) is 11.1 Å². The van der Waals surface area contributed by atoms with Crippen molar-refractivity contribution in [1.29, 1.82) is 0 Å². The number of carbonyl (C=O) groups excluding carboxylic acids is 2. The van der Waals surface area contributed by atoms with Crippen LogP contribution in [0.2, 0.25) is 0 Å². The number of hydrogen-bond donors (Lipinski definition) is 1. The summed E-state index contributed by atoms with van der Waals surface area (Å²) in [6.07, 6.45) is 0.793. The van der Waals surface area contributed by atoms with Crippen molar-refractivity contribution in [2.24, 2.45) is 5.92 Å². The van der Waals surface area contributed by atoms with Gasteiger partial charge >= 0.3 is 0 Å². The fraction of sp³-hybridized carbons (Fsp3) is 0.167. The second kappa shape index (κ2) is 8.45. The van der Waals surface area contributed by atoms with E-state index in [9.17, 15) is 9.59 Å². The Labute approximate surface area is 160 Å². The van der Waals surface area contributed by atoms with Crippen LogP contribution in [0.1, 0.15) is 36.2 Å². The molecule has 3 aromatic rings. The summed E-state index contributed by atoms with van der Waals surface area (Å²) in [7, 11) is 0. The van der Waals surface area contributed by atoms with Crippen molar-refractivity contribution in [3.05, 3.63) is 90.0 Å². The summed E-state index contributed by atoms with van der Waals surface area (Å²) in [5, 5.41) is 2.87. The Morgan fingerprint density at radius 2 is 1.30 bits per heavy atom. The molecule has 136 valence electrons. The van der Waals surface area contributed by atoms with Gasteiger partial charge in [-0.3, -0.25) is 9.59 Å². The molecule has 0 saturated heterocycles. The van der Waals surface area contributed by atoms with Gasteiger partial charge in [-0.15, -0.1) is 0 Å². The lowest BCUT2D eigenvalue weighted by molar-refractivity contribution is -0.119. The topological polar surface area (TPSA) is 46.2 Å². The molecule has 3 rings (SSSR count). The average molecular weight is 357 g/mol. The summed E-state index contributed by atoms with van der Waals surface area (Å²) in [5.74, 6) is -0.0723. The van der Waals surface area contributed by atoms with Gasteiger partial charge in [-0.2, -0.15) is 0 Å². The number of rotatable bonds is 6. The fourth-order valence-corrected chi connectivity index (χ4v) is 2.77. The van der Waals surface area contributed by atoms with Crippen molar-refractivity contribution in [2.45, 2.75) is 20.3 Å². The second-order valence-corrected chi connectivity index (χ2v) is 6.65. The summed E-state index contributed by atoms with van der Waals surface area (Å²) in [4.78, 5) is 24.6. The first-order valence-electron chi connectivity index (χ1n) is 9.19. The maximum Gasteiger partial charge on any atom is 0.227 e. The van der Waals surface area contributed by atoms with Crippen molar-refractivity contribution in [1.82, 2.24) is 0 Å². The van der Waals surface area contributed by atoms with Crippen LogP contribution in [-0.4, -0.2) is 11.7 Å². The Kier molecular flexibility index (Phi) is 5.82. The average Bonchev–Trinajstić information content (AvgIpc) is 2.74. The number of anilines is 1. The number of ketones is 1. The summed E-state index contributed by atoms with van der Waals surface area (Å²) in [6.45, 7) is 3.88. The molecule has 0 radical (unpaired) electrons. The summed E-state index contributed by atoms with van der Waals surface area (Å²) in [6, 6.07) is 24.7. The molecule has 1 atom stereocenters. The van der Waals surface area contributed by atoms with Gasteiger partial charge in [-0.1, -0.05) is 68.4 Å². The summed E-state index contributed by atoms with van der Waals surface area (Å²) < 4.78 is 0. The first-order chi connectivity index (χ1) is 13.1. The molecule has 3 aromatic carbocycles. The molecular weight excluding hydrogens is 334 g/mol. The van der Waals surface area contributed by atoms with E-state index in [-0.39, 0.29) is 17.6 Å². The molecule has 0 heterocycles. The van der Waals surface area contributed by atoms with E-state index in [2.05, 4.69) is 5.32 Å². The molecule has 3 nitrogen and oxygen atoms in total. The summed E-state index contributed by atoms with van der Waals surface area (Å²) in [5.41, 5.74) is 4.15. The Hall–Kier alpha value is -3.20. The van der Waals surface area contributed by atoms with Crippen molar-refractivity contribution >= 4 is 17.4 Å². The van der Waals surface area contributed by atoms with Crippen molar-refractivity contribution < 1.29 is 9.59 Å². The zero-order valence-electron chi connectivity index (χ0n) is 15.6. The molecule has 0 aromatic heterocycles. The minimum absolute atomic E-state index is 0.00641. The SMILES string of the molecule is CCC(C)C(=O)Nc1ccc(C(=O)c2ccc(-c3ccccc3)cc2)cc1. The number of benzene rings is 3. The number of carbonyl (C=O) groups is 2. The van der Waals surface area contributed by atoms with Gasteiger partial charge in [0.05, 0.1) is 0 Å². The third kappa shape index (κ3) is 4.50. The molecule has 0 fully saturated rings. The van der Waals surface area contributed by atoms with Crippen LogP contribution in [-0.2, 0) is 4.79 Å². The third-order valence-electron chi connectivity index (χ3n) is 4.73. The Morgan fingerprint density at radius 3 is 1.85 bits per heavy atom. The standard InChI is InChI=1S/C24H23NO2/c1-3-17(2)24(27)25-22-15-13-21(14-16-22)23(26)20-11-9-19(10-12-20)18-7-5-4-6-8-18/h4-17H,3H2,1-2H3,(H,25,27). The highest BCUT2D eigenvalue weighted by Crippen LogP contribution is 2.21. The van der Waals surface area contributed by atoms with Crippen LogP contribution in [0, 0.1) is 5.92 Å². The number of amides is 1. The van der Waals surface area contributed by atoms with Crippen molar-refractivity contribution in [2.75, 3.05) is 5.32 Å². The normalized spacial score (nSPS) is 11.6. The molecule has 0 aliphatic carbocycles. The first-order valence-corrected chi connectivity index (χ1v) is 9.19. The number of nitrogens with one attached hydrogen (secondary N) is 1. The number of hydrogen-bond acceptors (Lipinski definition) is 2. The molecule has 0 spiro atoms. The van der Waals surface area contributed by atoms with Gasteiger partial charge in [0, 0.05) is 22.7 Å². The highest BCUT2D eigenvalue weighted by molar-refractivity contribution is 6.09. The third-order valence-corrected chi connectivity index (χ3v) is 4.73.